The lowest BCUT2D eigenvalue weighted by Crippen LogP contribution is -2.46. The van der Waals surface area contributed by atoms with Gasteiger partial charge in [-0.1, -0.05) is 13.8 Å². The van der Waals surface area contributed by atoms with Gasteiger partial charge in [0.15, 0.2) is 0 Å². The molecule has 0 spiro atoms. The van der Waals surface area contributed by atoms with E-state index in [1.54, 1.807) is 21.3 Å². The Morgan fingerprint density at radius 1 is 1.20 bits per heavy atom. The highest BCUT2D eigenvalue weighted by Gasteiger charge is 2.45. The van der Waals surface area contributed by atoms with Gasteiger partial charge in [-0.3, -0.25) is 0 Å². The van der Waals surface area contributed by atoms with Crippen LogP contribution >= 0.6 is 0 Å². The molecule has 1 saturated heterocycles. The molecule has 0 aromatic heterocycles. The fourth-order valence-electron chi connectivity index (χ4n) is 1.93. The Balaban J connectivity index is 2.53. The minimum atomic E-state index is -2.45. The molecule has 0 amide bonds. The van der Waals surface area contributed by atoms with E-state index in [-0.39, 0.29) is 5.41 Å². The maximum absolute atomic E-state index is 5.43. The van der Waals surface area contributed by atoms with Gasteiger partial charge in [-0.05, 0) is 11.8 Å². The third-order valence-corrected chi connectivity index (χ3v) is 6.07. The van der Waals surface area contributed by atoms with E-state index < -0.39 is 8.80 Å². The quantitative estimate of drug-likeness (QED) is 0.496. The second kappa shape index (κ2) is 4.93. The standard InChI is InChI=1S/C10H22O4Si/c1-10(2,6-9-7-14-9)8-15(11-3,12-4)13-5/h9H,6-8H2,1-5H3. The van der Waals surface area contributed by atoms with Crippen LogP contribution in [0.3, 0.4) is 0 Å². The average molecular weight is 234 g/mol. The highest BCUT2D eigenvalue weighted by Crippen LogP contribution is 2.37. The first-order valence-electron chi connectivity index (χ1n) is 5.24. The van der Waals surface area contributed by atoms with E-state index >= 15 is 0 Å². The van der Waals surface area contributed by atoms with Crippen molar-refractivity contribution in [3.8, 4) is 0 Å². The van der Waals surface area contributed by atoms with Gasteiger partial charge in [0.1, 0.15) is 0 Å². The summed E-state index contributed by atoms with van der Waals surface area (Å²) in [4.78, 5) is 0. The molecule has 0 radical (unpaired) electrons. The molecule has 0 saturated carbocycles. The molecule has 4 nitrogen and oxygen atoms in total. The molecule has 1 rings (SSSR count). The van der Waals surface area contributed by atoms with Gasteiger partial charge < -0.3 is 18.0 Å². The van der Waals surface area contributed by atoms with Crippen molar-refractivity contribution in [3.05, 3.63) is 0 Å². The van der Waals surface area contributed by atoms with E-state index in [2.05, 4.69) is 13.8 Å². The summed E-state index contributed by atoms with van der Waals surface area (Å²) < 4.78 is 21.5. The van der Waals surface area contributed by atoms with Gasteiger partial charge in [0.25, 0.3) is 0 Å². The van der Waals surface area contributed by atoms with Crippen LogP contribution in [0.15, 0.2) is 0 Å². The van der Waals surface area contributed by atoms with E-state index in [0.717, 1.165) is 19.1 Å². The predicted molar refractivity (Wildman–Crippen MR) is 59.7 cm³/mol. The predicted octanol–water partition coefficient (Wildman–Crippen LogP) is 1.68. The fraction of sp³-hybridized carbons (Fsp3) is 1.00. The summed E-state index contributed by atoms with van der Waals surface area (Å²) in [6.07, 6.45) is 1.47. The molecule has 5 heteroatoms. The summed E-state index contributed by atoms with van der Waals surface area (Å²) in [6.45, 7) is 5.30. The van der Waals surface area contributed by atoms with E-state index in [4.69, 9.17) is 18.0 Å². The SMILES string of the molecule is CO[Si](CC(C)(C)CC1CO1)(OC)OC. The lowest BCUT2D eigenvalue weighted by molar-refractivity contribution is 0.107. The van der Waals surface area contributed by atoms with Crippen molar-refractivity contribution >= 4 is 8.80 Å². The molecule has 1 atom stereocenters. The highest BCUT2D eigenvalue weighted by atomic mass is 28.4. The van der Waals surface area contributed by atoms with E-state index in [1.807, 2.05) is 0 Å². The van der Waals surface area contributed by atoms with Gasteiger partial charge in [0, 0.05) is 27.4 Å². The number of hydrogen-bond donors (Lipinski definition) is 0. The van der Waals surface area contributed by atoms with Gasteiger partial charge in [-0.2, -0.15) is 0 Å². The minimum absolute atomic E-state index is 0.134. The van der Waals surface area contributed by atoms with Crippen LogP contribution in [0.25, 0.3) is 0 Å². The fourth-order valence-corrected chi connectivity index (χ4v) is 4.18. The Bertz CT molecular complexity index is 191. The van der Waals surface area contributed by atoms with Crippen molar-refractivity contribution in [2.75, 3.05) is 27.9 Å². The first-order chi connectivity index (χ1) is 6.97. The molecule has 0 bridgehead atoms. The Hall–Kier alpha value is 0.0569. The number of epoxide rings is 1. The Labute approximate surface area is 93.2 Å². The molecule has 1 unspecified atom stereocenters. The molecule has 0 aromatic carbocycles. The van der Waals surface area contributed by atoms with Crippen molar-refractivity contribution in [2.24, 2.45) is 5.41 Å². The van der Waals surface area contributed by atoms with Crippen LogP contribution in [0.5, 0.6) is 0 Å². The van der Waals surface area contributed by atoms with Crippen LogP contribution in [-0.4, -0.2) is 42.8 Å². The van der Waals surface area contributed by atoms with Crippen LogP contribution in [0.4, 0.5) is 0 Å². The number of rotatable bonds is 7. The zero-order valence-corrected chi connectivity index (χ0v) is 11.3. The third-order valence-electron chi connectivity index (χ3n) is 2.81. The number of ether oxygens (including phenoxy) is 1. The zero-order chi connectivity index (χ0) is 11.5. The van der Waals surface area contributed by atoms with Gasteiger partial charge in [0.2, 0.25) is 0 Å². The summed E-state index contributed by atoms with van der Waals surface area (Å²) >= 11 is 0. The molecule has 1 aliphatic rings. The Morgan fingerprint density at radius 2 is 1.67 bits per heavy atom. The molecule has 0 N–H and O–H groups in total. The van der Waals surface area contributed by atoms with Crippen LogP contribution < -0.4 is 0 Å². The van der Waals surface area contributed by atoms with Crippen LogP contribution in [-0.2, 0) is 18.0 Å². The van der Waals surface area contributed by atoms with Crippen molar-refractivity contribution in [1.29, 1.82) is 0 Å². The van der Waals surface area contributed by atoms with E-state index in [1.165, 1.54) is 0 Å². The van der Waals surface area contributed by atoms with Crippen molar-refractivity contribution in [1.82, 2.24) is 0 Å². The molecule has 0 aromatic rings. The van der Waals surface area contributed by atoms with Crippen LogP contribution in [0, 0.1) is 5.41 Å². The number of hydrogen-bond acceptors (Lipinski definition) is 4. The molecule has 0 aliphatic carbocycles. The first kappa shape index (κ1) is 13.1. The smallest absolute Gasteiger partial charge is 0.377 e. The molecular weight excluding hydrogens is 212 g/mol. The molecule has 90 valence electrons. The highest BCUT2D eigenvalue weighted by molar-refractivity contribution is 6.60. The normalized spacial score (nSPS) is 21.8. The second-order valence-corrected chi connectivity index (χ2v) is 7.74. The lowest BCUT2D eigenvalue weighted by atomic mass is 9.90. The average Bonchev–Trinajstić information content (AvgIpc) is 2.97. The molecular formula is C10H22O4Si. The van der Waals surface area contributed by atoms with Crippen LogP contribution in [0.1, 0.15) is 20.3 Å². The Kier molecular flexibility index (Phi) is 4.31. The largest absolute Gasteiger partial charge is 0.500 e. The van der Waals surface area contributed by atoms with Gasteiger partial charge in [-0.25, -0.2) is 0 Å². The third kappa shape index (κ3) is 3.84. The summed E-state index contributed by atoms with van der Waals surface area (Å²) in [5, 5.41) is 0. The molecule has 15 heavy (non-hydrogen) atoms. The summed E-state index contributed by atoms with van der Waals surface area (Å²) in [5.74, 6) is 0. The van der Waals surface area contributed by atoms with Crippen molar-refractivity contribution in [2.45, 2.75) is 32.4 Å². The molecule has 1 aliphatic heterocycles. The zero-order valence-electron chi connectivity index (χ0n) is 10.3. The van der Waals surface area contributed by atoms with Gasteiger partial charge in [-0.15, -0.1) is 0 Å². The summed E-state index contributed by atoms with van der Waals surface area (Å²) in [7, 11) is 2.52. The second-order valence-electron chi connectivity index (χ2n) is 4.80. The minimum Gasteiger partial charge on any atom is -0.377 e. The van der Waals surface area contributed by atoms with Crippen molar-refractivity contribution < 1.29 is 18.0 Å². The Morgan fingerprint density at radius 3 is 2.00 bits per heavy atom. The topological polar surface area (TPSA) is 40.2 Å². The van der Waals surface area contributed by atoms with Gasteiger partial charge in [0.05, 0.1) is 12.7 Å². The monoisotopic (exact) mass is 234 g/mol. The lowest BCUT2D eigenvalue weighted by Gasteiger charge is -2.33. The van der Waals surface area contributed by atoms with Crippen molar-refractivity contribution in [3.63, 3.8) is 0 Å². The van der Waals surface area contributed by atoms with Crippen LogP contribution in [0.2, 0.25) is 6.04 Å². The molecule has 1 fully saturated rings. The maximum atomic E-state index is 5.43. The summed E-state index contributed by atoms with van der Waals surface area (Å²) in [5.41, 5.74) is 0.134. The maximum Gasteiger partial charge on any atom is 0.500 e. The first-order valence-corrected chi connectivity index (χ1v) is 7.17. The van der Waals surface area contributed by atoms with E-state index in [9.17, 15) is 0 Å². The van der Waals surface area contributed by atoms with Gasteiger partial charge >= 0.3 is 8.80 Å². The van der Waals surface area contributed by atoms with E-state index in [0.29, 0.717) is 6.10 Å². The summed E-state index contributed by atoms with van der Waals surface area (Å²) in [6, 6.07) is 0.823. The molecule has 1 heterocycles.